The molecule has 22 heavy (non-hydrogen) atoms. The van der Waals surface area contributed by atoms with Crippen molar-refractivity contribution in [3.63, 3.8) is 0 Å². The molecule has 0 aliphatic heterocycles. The van der Waals surface area contributed by atoms with Gasteiger partial charge in [0.1, 0.15) is 5.82 Å². The van der Waals surface area contributed by atoms with Crippen molar-refractivity contribution in [2.24, 2.45) is 0 Å². The van der Waals surface area contributed by atoms with E-state index in [0.29, 0.717) is 28.0 Å². The SMILES string of the molecule is Fc1cccc(Cl)c1CSCCNC(=S)Nc1ccccc1. The topological polar surface area (TPSA) is 24.1 Å². The fourth-order valence-electron chi connectivity index (χ4n) is 1.78. The molecule has 0 aliphatic carbocycles. The number of thioether (sulfide) groups is 1. The van der Waals surface area contributed by atoms with E-state index in [1.165, 1.54) is 6.07 Å². The van der Waals surface area contributed by atoms with Gasteiger partial charge in [0.05, 0.1) is 0 Å². The molecule has 0 aromatic heterocycles. The molecule has 0 saturated heterocycles. The third-order valence-electron chi connectivity index (χ3n) is 2.87. The molecule has 0 unspecified atom stereocenters. The van der Waals surface area contributed by atoms with Crippen LogP contribution in [-0.4, -0.2) is 17.4 Å². The molecule has 0 fully saturated rings. The average Bonchev–Trinajstić information content (AvgIpc) is 2.50. The van der Waals surface area contributed by atoms with Crippen molar-refractivity contribution < 1.29 is 4.39 Å². The number of para-hydroxylation sites is 1. The maximum absolute atomic E-state index is 13.6. The molecule has 6 heteroatoms. The van der Waals surface area contributed by atoms with E-state index in [-0.39, 0.29) is 5.82 Å². The first-order valence-electron chi connectivity index (χ1n) is 6.77. The minimum atomic E-state index is -0.255. The Hall–Kier alpha value is -1.30. The van der Waals surface area contributed by atoms with Crippen LogP contribution in [0.25, 0.3) is 0 Å². The fraction of sp³-hybridized carbons (Fsp3) is 0.188. The van der Waals surface area contributed by atoms with Crippen LogP contribution in [0.5, 0.6) is 0 Å². The first kappa shape index (κ1) is 17.1. The maximum atomic E-state index is 13.6. The van der Waals surface area contributed by atoms with E-state index in [1.807, 2.05) is 30.3 Å². The van der Waals surface area contributed by atoms with Crippen LogP contribution >= 0.6 is 35.6 Å². The number of hydrogen-bond acceptors (Lipinski definition) is 2. The summed E-state index contributed by atoms with van der Waals surface area (Å²) in [4.78, 5) is 0. The Balaban J connectivity index is 1.66. The largest absolute Gasteiger partial charge is 0.362 e. The molecule has 2 rings (SSSR count). The summed E-state index contributed by atoms with van der Waals surface area (Å²) in [6, 6.07) is 14.5. The van der Waals surface area contributed by atoms with Gasteiger partial charge in [0.25, 0.3) is 0 Å². The van der Waals surface area contributed by atoms with Crippen LogP contribution in [0.2, 0.25) is 5.02 Å². The Kier molecular flexibility index (Phi) is 6.96. The number of hydrogen-bond donors (Lipinski definition) is 2. The number of benzene rings is 2. The molecular formula is C16H16ClFN2S2. The standard InChI is InChI=1S/C16H16ClFN2S2/c17-14-7-4-8-15(18)13(14)11-22-10-9-19-16(21)20-12-5-2-1-3-6-12/h1-8H,9-11H2,(H2,19,20,21). The summed E-state index contributed by atoms with van der Waals surface area (Å²) < 4.78 is 13.6. The average molecular weight is 355 g/mol. The number of nitrogens with one attached hydrogen (secondary N) is 2. The van der Waals surface area contributed by atoms with Crippen LogP contribution in [-0.2, 0) is 5.75 Å². The zero-order valence-electron chi connectivity index (χ0n) is 11.8. The summed E-state index contributed by atoms with van der Waals surface area (Å²) in [5.41, 5.74) is 1.50. The Labute approximate surface area is 144 Å². The van der Waals surface area contributed by atoms with Gasteiger partial charge in [-0.25, -0.2) is 4.39 Å². The second-order valence-corrected chi connectivity index (χ2v) is 6.42. The van der Waals surface area contributed by atoms with Crippen LogP contribution in [0.15, 0.2) is 48.5 Å². The maximum Gasteiger partial charge on any atom is 0.170 e. The molecule has 0 saturated carbocycles. The van der Waals surface area contributed by atoms with Gasteiger partial charge in [-0.15, -0.1) is 0 Å². The normalized spacial score (nSPS) is 10.3. The third kappa shape index (κ3) is 5.48. The molecule has 0 radical (unpaired) electrons. The summed E-state index contributed by atoms with van der Waals surface area (Å²) in [5.74, 6) is 1.10. The van der Waals surface area contributed by atoms with Crippen LogP contribution in [0.3, 0.4) is 0 Å². The molecule has 0 bridgehead atoms. The van der Waals surface area contributed by atoms with Crippen molar-refractivity contribution in [1.29, 1.82) is 0 Å². The van der Waals surface area contributed by atoms with E-state index in [0.717, 1.165) is 11.4 Å². The highest BCUT2D eigenvalue weighted by molar-refractivity contribution is 7.98. The van der Waals surface area contributed by atoms with E-state index in [9.17, 15) is 4.39 Å². The Bertz CT molecular complexity index is 603. The smallest absolute Gasteiger partial charge is 0.170 e. The zero-order valence-corrected chi connectivity index (χ0v) is 14.2. The summed E-state index contributed by atoms with van der Waals surface area (Å²) in [5, 5.41) is 7.27. The van der Waals surface area contributed by atoms with Gasteiger partial charge in [-0.1, -0.05) is 35.9 Å². The summed E-state index contributed by atoms with van der Waals surface area (Å²) in [7, 11) is 0. The second-order valence-electron chi connectivity index (χ2n) is 4.50. The van der Waals surface area contributed by atoms with Gasteiger partial charge < -0.3 is 10.6 Å². The van der Waals surface area contributed by atoms with E-state index >= 15 is 0 Å². The second kappa shape index (κ2) is 8.98. The number of thiocarbonyl (C=S) groups is 1. The van der Waals surface area contributed by atoms with Gasteiger partial charge >= 0.3 is 0 Å². The van der Waals surface area contributed by atoms with E-state index in [4.69, 9.17) is 23.8 Å². The van der Waals surface area contributed by atoms with Crippen LogP contribution in [0.1, 0.15) is 5.56 Å². The quantitative estimate of drug-likeness (QED) is 0.580. The molecule has 0 atom stereocenters. The molecule has 0 amide bonds. The first-order valence-corrected chi connectivity index (χ1v) is 8.71. The van der Waals surface area contributed by atoms with Crippen LogP contribution in [0.4, 0.5) is 10.1 Å². The van der Waals surface area contributed by atoms with Crippen LogP contribution < -0.4 is 10.6 Å². The molecule has 116 valence electrons. The highest BCUT2D eigenvalue weighted by Gasteiger charge is 2.06. The molecule has 2 nitrogen and oxygen atoms in total. The highest BCUT2D eigenvalue weighted by Crippen LogP contribution is 2.23. The van der Waals surface area contributed by atoms with Crippen molar-refractivity contribution in [2.45, 2.75) is 5.75 Å². The Morgan fingerprint density at radius 2 is 1.91 bits per heavy atom. The predicted molar refractivity (Wildman–Crippen MR) is 98.2 cm³/mol. The summed E-state index contributed by atoms with van der Waals surface area (Å²) in [6.45, 7) is 0.704. The van der Waals surface area contributed by atoms with Gasteiger partial charge in [-0.2, -0.15) is 11.8 Å². The van der Waals surface area contributed by atoms with Crippen LogP contribution in [0, 0.1) is 5.82 Å². The molecule has 0 heterocycles. The van der Waals surface area contributed by atoms with E-state index in [2.05, 4.69) is 10.6 Å². The summed E-state index contributed by atoms with van der Waals surface area (Å²) >= 11 is 12.8. The van der Waals surface area contributed by atoms with Gasteiger partial charge in [-0.3, -0.25) is 0 Å². The minimum absolute atomic E-state index is 0.255. The van der Waals surface area contributed by atoms with Crippen molar-refractivity contribution in [2.75, 3.05) is 17.6 Å². The number of halogens is 2. The van der Waals surface area contributed by atoms with Gasteiger partial charge in [0.15, 0.2) is 5.11 Å². The lowest BCUT2D eigenvalue weighted by Crippen LogP contribution is -2.30. The van der Waals surface area contributed by atoms with Crippen molar-refractivity contribution >= 4 is 46.4 Å². The number of anilines is 1. The lowest BCUT2D eigenvalue weighted by Gasteiger charge is -2.10. The first-order chi connectivity index (χ1) is 10.7. The fourth-order valence-corrected chi connectivity index (χ4v) is 3.20. The van der Waals surface area contributed by atoms with Crippen molar-refractivity contribution in [3.05, 3.63) is 64.9 Å². The predicted octanol–water partition coefficient (Wildman–Crippen LogP) is 4.70. The molecule has 2 aromatic rings. The molecule has 0 aliphatic rings. The number of rotatable bonds is 6. The monoisotopic (exact) mass is 354 g/mol. The Morgan fingerprint density at radius 1 is 1.14 bits per heavy atom. The zero-order chi connectivity index (χ0) is 15.8. The highest BCUT2D eigenvalue weighted by atomic mass is 35.5. The molecule has 2 aromatic carbocycles. The van der Waals surface area contributed by atoms with E-state index < -0.39 is 0 Å². The molecule has 2 N–H and O–H groups in total. The van der Waals surface area contributed by atoms with E-state index in [1.54, 1.807) is 23.9 Å². The minimum Gasteiger partial charge on any atom is -0.362 e. The van der Waals surface area contributed by atoms with Gasteiger partial charge in [0.2, 0.25) is 0 Å². The summed E-state index contributed by atoms with van der Waals surface area (Å²) in [6.07, 6.45) is 0. The van der Waals surface area contributed by atoms with Gasteiger partial charge in [0, 0.05) is 34.3 Å². The molecular weight excluding hydrogens is 339 g/mol. The van der Waals surface area contributed by atoms with Crippen molar-refractivity contribution in [3.8, 4) is 0 Å². The lowest BCUT2D eigenvalue weighted by molar-refractivity contribution is 0.617. The lowest BCUT2D eigenvalue weighted by atomic mass is 10.2. The third-order valence-corrected chi connectivity index (χ3v) is 4.46. The Morgan fingerprint density at radius 3 is 2.64 bits per heavy atom. The van der Waals surface area contributed by atoms with Crippen molar-refractivity contribution in [1.82, 2.24) is 5.32 Å². The molecule has 0 spiro atoms. The van der Waals surface area contributed by atoms with Gasteiger partial charge in [-0.05, 0) is 36.5 Å².